The third-order valence-electron chi connectivity index (χ3n) is 5.63. The predicted octanol–water partition coefficient (Wildman–Crippen LogP) is 5.61. The molecule has 0 aliphatic heterocycles. The Morgan fingerprint density at radius 3 is 2.15 bits per heavy atom. The number of fused-ring (bicyclic) bond motifs is 1. The summed E-state index contributed by atoms with van der Waals surface area (Å²) in [6.45, 7) is 2.20. The molecule has 130 valence electrons. The van der Waals surface area contributed by atoms with Crippen molar-refractivity contribution in [2.75, 3.05) is 0 Å². The van der Waals surface area contributed by atoms with Gasteiger partial charge in [0.2, 0.25) is 0 Å². The van der Waals surface area contributed by atoms with Crippen molar-refractivity contribution in [2.45, 2.75) is 25.9 Å². The maximum absolute atomic E-state index is 11.4. The van der Waals surface area contributed by atoms with Crippen molar-refractivity contribution in [1.29, 1.82) is 0 Å². The van der Waals surface area contributed by atoms with E-state index in [4.69, 9.17) is 0 Å². The fourth-order valence-electron chi connectivity index (χ4n) is 4.06. The Balaban J connectivity index is 1.75. The van der Waals surface area contributed by atoms with Crippen molar-refractivity contribution >= 4 is 6.08 Å². The first-order valence-corrected chi connectivity index (χ1v) is 9.23. The Hall–Kier alpha value is -2.64. The van der Waals surface area contributed by atoms with Crippen molar-refractivity contribution in [3.8, 4) is 0 Å². The highest BCUT2D eigenvalue weighted by Gasteiger charge is 2.39. The Kier molecular flexibility index (Phi) is 4.48. The SMILES string of the molecule is CC(Cc1ccccc1)(C1=Cc2ccccc2C1)C(O)c1ccccc1. The average molecular weight is 340 g/mol. The van der Waals surface area contributed by atoms with Gasteiger partial charge in [-0.05, 0) is 35.1 Å². The molecule has 1 aliphatic rings. The van der Waals surface area contributed by atoms with Gasteiger partial charge < -0.3 is 5.11 Å². The summed E-state index contributed by atoms with van der Waals surface area (Å²) in [5.74, 6) is 0. The van der Waals surface area contributed by atoms with Crippen LogP contribution in [0, 0.1) is 5.41 Å². The van der Waals surface area contributed by atoms with Gasteiger partial charge in [-0.15, -0.1) is 0 Å². The predicted molar refractivity (Wildman–Crippen MR) is 108 cm³/mol. The second kappa shape index (κ2) is 6.93. The van der Waals surface area contributed by atoms with Crippen molar-refractivity contribution < 1.29 is 5.11 Å². The van der Waals surface area contributed by atoms with Crippen LogP contribution in [0.4, 0.5) is 0 Å². The molecule has 1 nitrogen and oxygen atoms in total. The van der Waals surface area contributed by atoms with E-state index in [-0.39, 0.29) is 5.41 Å². The topological polar surface area (TPSA) is 20.2 Å². The number of rotatable bonds is 5. The van der Waals surface area contributed by atoms with Gasteiger partial charge in [0.05, 0.1) is 6.10 Å². The lowest BCUT2D eigenvalue weighted by atomic mass is 9.70. The monoisotopic (exact) mass is 340 g/mol. The summed E-state index contributed by atoms with van der Waals surface area (Å²) in [5.41, 5.74) is 5.80. The van der Waals surface area contributed by atoms with Crippen LogP contribution in [0.5, 0.6) is 0 Å². The fraction of sp³-hybridized carbons (Fsp3) is 0.200. The van der Waals surface area contributed by atoms with Crippen LogP contribution in [-0.2, 0) is 12.8 Å². The molecule has 0 bridgehead atoms. The van der Waals surface area contributed by atoms with Crippen molar-refractivity contribution in [1.82, 2.24) is 0 Å². The van der Waals surface area contributed by atoms with Crippen molar-refractivity contribution in [3.05, 3.63) is 113 Å². The molecule has 26 heavy (non-hydrogen) atoms. The molecule has 2 unspecified atom stereocenters. The maximum Gasteiger partial charge on any atom is 0.0884 e. The Labute approximate surface area is 155 Å². The molecule has 0 heterocycles. The molecule has 0 aromatic heterocycles. The van der Waals surface area contributed by atoms with Crippen molar-refractivity contribution in [3.63, 3.8) is 0 Å². The quantitative estimate of drug-likeness (QED) is 0.640. The standard InChI is InChI=1S/C25H24O/c1-25(18-19-10-4-2-5-11-19,24(26)20-12-6-3-7-13-20)23-16-21-14-8-9-15-22(21)17-23/h2-16,24,26H,17-18H2,1H3. The Morgan fingerprint density at radius 2 is 1.46 bits per heavy atom. The highest BCUT2D eigenvalue weighted by molar-refractivity contribution is 5.65. The van der Waals surface area contributed by atoms with E-state index >= 15 is 0 Å². The summed E-state index contributed by atoms with van der Waals surface area (Å²) < 4.78 is 0. The molecule has 0 fully saturated rings. The fourth-order valence-corrected chi connectivity index (χ4v) is 4.06. The second-order valence-electron chi connectivity index (χ2n) is 7.44. The molecule has 0 radical (unpaired) electrons. The minimum absolute atomic E-state index is 0.359. The first kappa shape index (κ1) is 16.8. The lowest BCUT2D eigenvalue weighted by molar-refractivity contribution is 0.0613. The molecule has 1 heteroatoms. The number of aliphatic hydroxyl groups is 1. The van der Waals surface area contributed by atoms with Crippen molar-refractivity contribution in [2.24, 2.45) is 5.41 Å². The molecule has 0 saturated carbocycles. The molecule has 2 atom stereocenters. The van der Waals surface area contributed by atoms with E-state index in [1.807, 2.05) is 36.4 Å². The number of aliphatic hydroxyl groups excluding tert-OH is 1. The summed E-state index contributed by atoms with van der Waals surface area (Å²) in [4.78, 5) is 0. The number of benzene rings is 3. The van der Waals surface area contributed by atoms with Gasteiger partial charge in [0.1, 0.15) is 0 Å². The van der Waals surface area contributed by atoms with E-state index in [0.717, 1.165) is 18.4 Å². The molecule has 3 aromatic carbocycles. The third-order valence-corrected chi connectivity index (χ3v) is 5.63. The van der Waals surface area contributed by atoms with Crippen LogP contribution in [0.25, 0.3) is 6.08 Å². The molecule has 0 spiro atoms. The summed E-state index contributed by atoms with van der Waals surface area (Å²) in [7, 11) is 0. The second-order valence-corrected chi connectivity index (χ2v) is 7.44. The van der Waals surface area contributed by atoms with Crippen LogP contribution in [0.1, 0.15) is 35.3 Å². The summed E-state index contributed by atoms with van der Waals surface area (Å²) in [6, 6.07) is 29.1. The third kappa shape index (κ3) is 3.11. The maximum atomic E-state index is 11.4. The van der Waals surface area contributed by atoms with E-state index in [1.54, 1.807) is 0 Å². The molecule has 1 aliphatic carbocycles. The number of hydrogen-bond acceptors (Lipinski definition) is 1. The minimum atomic E-state index is -0.551. The van der Waals surface area contributed by atoms with Crippen LogP contribution in [0.15, 0.2) is 90.5 Å². The first-order chi connectivity index (χ1) is 12.7. The lowest BCUT2D eigenvalue weighted by Crippen LogP contribution is -2.31. The molecular formula is C25H24O. The van der Waals surface area contributed by atoms with Crippen LogP contribution in [0.2, 0.25) is 0 Å². The summed E-state index contributed by atoms with van der Waals surface area (Å²) in [6.07, 6.45) is 3.45. The highest BCUT2D eigenvalue weighted by atomic mass is 16.3. The van der Waals surface area contributed by atoms with Gasteiger partial charge in [-0.3, -0.25) is 0 Å². The molecule has 4 rings (SSSR count). The molecular weight excluding hydrogens is 316 g/mol. The van der Waals surface area contributed by atoms with Crippen LogP contribution >= 0.6 is 0 Å². The summed E-state index contributed by atoms with van der Waals surface area (Å²) >= 11 is 0. The van der Waals surface area contributed by atoms with Crippen LogP contribution < -0.4 is 0 Å². The first-order valence-electron chi connectivity index (χ1n) is 9.23. The largest absolute Gasteiger partial charge is 0.387 e. The highest BCUT2D eigenvalue weighted by Crippen LogP contribution is 2.47. The van der Waals surface area contributed by atoms with E-state index in [1.165, 1.54) is 22.3 Å². The molecule has 0 saturated heterocycles. The molecule has 0 amide bonds. The minimum Gasteiger partial charge on any atom is -0.387 e. The zero-order chi connectivity index (χ0) is 18.0. The van der Waals surface area contributed by atoms with E-state index < -0.39 is 6.10 Å². The average Bonchev–Trinajstić information content (AvgIpc) is 3.14. The number of hydrogen-bond donors (Lipinski definition) is 1. The van der Waals surface area contributed by atoms with E-state index in [2.05, 4.69) is 61.5 Å². The van der Waals surface area contributed by atoms with Crippen LogP contribution in [0.3, 0.4) is 0 Å². The van der Waals surface area contributed by atoms with Gasteiger partial charge in [0, 0.05) is 5.41 Å². The summed E-state index contributed by atoms with van der Waals surface area (Å²) in [5, 5.41) is 11.4. The van der Waals surface area contributed by atoms with Gasteiger partial charge in [0.25, 0.3) is 0 Å². The normalized spacial score (nSPS) is 16.5. The van der Waals surface area contributed by atoms with Gasteiger partial charge >= 0.3 is 0 Å². The Bertz CT molecular complexity index is 911. The van der Waals surface area contributed by atoms with E-state index in [0.29, 0.717) is 0 Å². The Morgan fingerprint density at radius 1 is 0.846 bits per heavy atom. The zero-order valence-electron chi connectivity index (χ0n) is 15.1. The molecule has 1 N–H and O–H groups in total. The van der Waals surface area contributed by atoms with Crippen LogP contribution in [-0.4, -0.2) is 5.11 Å². The zero-order valence-corrected chi connectivity index (χ0v) is 15.1. The van der Waals surface area contributed by atoms with Gasteiger partial charge in [-0.25, -0.2) is 0 Å². The van der Waals surface area contributed by atoms with Gasteiger partial charge in [-0.1, -0.05) is 104 Å². The smallest absolute Gasteiger partial charge is 0.0884 e. The van der Waals surface area contributed by atoms with E-state index in [9.17, 15) is 5.11 Å². The molecule has 3 aromatic rings. The van der Waals surface area contributed by atoms with Gasteiger partial charge in [-0.2, -0.15) is 0 Å². The lowest BCUT2D eigenvalue weighted by Gasteiger charge is -2.37. The van der Waals surface area contributed by atoms with Gasteiger partial charge in [0.15, 0.2) is 0 Å².